The molecule has 1 aromatic rings. The molecule has 1 aromatic heterocycles. The number of ether oxygens (including phenoxy) is 1. The molecule has 4 heteroatoms. The highest BCUT2D eigenvalue weighted by Gasteiger charge is 2.33. The number of ketones is 1. The Morgan fingerprint density at radius 2 is 2.43 bits per heavy atom. The van der Waals surface area contributed by atoms with E-state index < -0.39 is 5.60 Å². The summed E-state index contributed by atoms with van der Waals surface area (Å²) in [5.74, 6) is 0.0531. The Balaban J connectivity index is 2.34. The molecule has 0 bridgehead atoms. The molecule has 0 aromatic carbocycles. The van der Waals surface area contributed by atoms with E-state index in [-0.39, 0.29) is 5.78 Å². The Labute approximate surface area is 81.6 Å². The van der Waals surface area contributed by atoms with Crippen LogP contribution in [0.4, 0.5) is 0 Å². The molecule has 0 aliphatic carbocycles. The summed E-state index contributed by atoms with van der Waals surface area (Å²) in [6.07, 6.45) is 6.27. The maximum Gasteiger partial charge on any atom is 0.163 e. The minimum Gasteiger partial charge on any atom is -0.488 e. The van der Waals surface area contributed by atoms with Crippen molar-refractivity contribution in [3.8, 4) is 0 Å². The summed E-state index contributed by atoms with van der Waals surface area (Å²) in [7, 11) is 0. The van der Waals surface area contributed by atoms with Gasteiger partial charge in [0.15, 0.2) is 11.4 Å². The highest BCUT2D eigenvalue weighted by atomic mass is 16.5. The second kappa shape index (κ2) is 3.21. The molecule has 14 heavy (non-hydrogen) atoms. The first-order chi connectivity index (χ1) is 6.71. The molecular formula is C10H10N2O2. The van der Waals surface area contributed by atoms with E-state index in [2.05, 4.69) is 9.97 Å². The minimum atomic E-state index is -0.644. The zero-order chi connectivity index (χ0) is 10.0. The van der Waals surface area contributed by atoms with Crippen LogP contribution in [0.3, 0.4) is 0 Å². The van der Waals surface area contributed by atoms with Crippen molar-refractivity contribution in [2.75, 3.05) is 0 Å². The molecular weight excluding hydrogens is 180 g/mol. The van der Waals surface area contributed by atoms with E-state index >= 15 is 0 Å². The fourth-order valence-corrected chi connectivity index (χ4v) is 1.45. The first-order valence-corrected chi connectivity index (χ1v) is 4.34. The maximum atomic E-state index is 11.2. The smallest absolute Gasteiger partial charge is 0.163 e. The van der Waals surface area contributed by atoms with Gasteiger partial charge in [-0.3, -0.25) is 4.79 Å². The highest BCUT2D eigenvalue weighted by Crippen LogP contribution is 2.30. The third-order valence-corrected chi connectivity index (χ3v) is 2.22. The van der Waals surface area contributed by atoms with Crippen molar-refractivity contribution in [1.29, 1.82) is 0 Å². The number of hydrogen-bond donors (Lipinski definition) is 0. The summed E-state index contributed by atoms with van der Waals surface area (Å²) in [4.78, 5) is 19.1. The van der Waals surface area contributed by atoms with Crippen LogP contribution < -0.4 is 0 Å². The Bertz CT molecular complexity index is 375. The van der Waals surface area contributed by atoms with E-state index in [1.165, 1.54) is 18.7 Å². The van der Waals surface area contributed by atoms with Crippen LogP contribution in [0.15, 0.2) is 30.9 Å². The zero-order valence-corrected chi connectivity index (χ0v) is 7.80. The lowest BCUT2D eigenvalue weighted by atomic mass is 9.93. The Morgan fingerprint density at radius 3 is 3.07 bits per heavy atom. The largest absolute Gasteiger partial charge is 0.488 e. The van der Waals surface area contributed by atoms with E-state index in [0.29, 0.717) is 6.42 Å². The number of rotatable bonds is 1. The van der Waals surface area contributed by atoms with Crippen molar-refractivity contribution >= 4 is 5.78 Å². The topological polar surface area (TPSA) is 52.1 Å². The molecule has 1 aliphatic heterocycles. The molecule has 0 saturated carbocycles. The van der Waals surface area contributed by atoms with Gasteiger partial charge in [0.2, 0.25) is 0 Å². The number of hydrogen-bond acceptors (Lipinski definition) is 4. The third-order valence-electron chi connectivity index (χ3n) is 2.22. The predicted octanol–water partition coefficient (Wildman–Crippen LogP) is 1.19. The normalized spacial score (nSPS) is 25.9. The van der Waals surface area contributed by atoms with Gasteiger partial charge in [-0.1, -0.05) is 0 Å². The van der Waals surface area contributed by atoms with E-state index in [4.69, 9.17) is 4.74 Å². The molecule has 0 N–H and O–H groups in total. The van der Waals surface area contributed by atoms with Gasteiger partial charge in [0.05, 0.1) is 18.4 Å². The van der Waals surface area contributed by atoms with Crippen LogP contribution in [-0.2, 0) is 15.1 Å². The van der Waals surface area contributed by atoms with Gasteiger partial charge < -0.3 is 4.74 Å². The van der Waals surface area contributed by atoms with Gasteiger partial charge in [0, 0.05) is 12.3 Å². The van der Waals surface area contributed by atoms with E-state index in [0.717, 1.165) is 5.69 Å². The molecule has 2 rings (SSSR count). The number of carbonyl (C=O) groups is 1. The Kier molecular flexibility index (Phi) is 2.04. The van der Waals surface area contributed by atoms with Crippen LogP contribution in [-0.4, -0.2) is 15.8 Å². The van der Waals surface area contributed by atoms with Gasteiger partial charge in [0.1, 0.15) is 6.33 Å². The monoisotopic (exact) mass is 190 g/mol. The first kappa shape index (κ1) is 8.87. The van der Waals surface area contributed by atoms with Crippen LogP contribution in [0.5, 0.6) is 0 Å². The van der Waals surface area contributed by atoms with Crippen LogP contribution in [0, 0.1) is 0 Å². The number of carbonyl (C=O) groups excluding carboxylic acids is 1. The molecule has 1 unspecified atom stereocenters. The number of aromatic nitrogens is 2. The second-order valence-corrected chi connectivity index (χ2v) is 3.39. The average Bonchev–Trinajstić information content (AvgIpc) is 2.19. The van der Waals surface area contributed by atoms with Crippen molar-refractivity contribution in [3.63, 3.8) is 0 Å². The van der Waals surface area contributed by atoms with E-state index in [1.54, 1.807) is 12.3 Å². The summed E-state index contributed by atoms with van der Waals surface area (Å²) in [6, 6.07) is 1.76. The fraction of sp³-hybridized carbons (Fsp3) is 0.300. The van der Waals surface area contributed by atoms with Crippen LogP contribution >= 0.6 is 0 Å². The lowest BCUT2D eigenvalue weighted by Gasteiger charge is -2.29. The van der Waals surface area contributed by atoms with Crippen molar-refractivity contribution < 1.29 is 9.53 Å². The molecule has 72 valence electrons. The summed E-state index contributed by atoms with van der Waals surface area (Å²) in [5.41, 5.74) is 0.0830. The van der Waals surface area contributed by atoms with Gasteiger partial charge in [-0.25, -0.2) is 9.97 Å². The quantitative estimate of drug-likeness (QED) is 0.667. The Hall–Kier alpha value is -1.71. The fourth-order valence-electron chi connectivity index (χ4n) is 1.45. The predicted molar refractivity (Wildman–Crippen MR) is 49.2 cm³/mol. The standard InChI is InChI=1S/C10H10N2O2/c1-10(6-8(13)3-5-14-10)9-2-4-11-7-12-9/h2-5,7H,6H2,1H3. The van der Waals surface area contributed by atoms with Gasteiger partial charge in [-0.15, -0.1) is 0 Å². The van der Waals surface area contributed by atoms with Gasteiger partial charge >= 0.3 is 0 Å². The van der Waals surface area contributed by atoms with Gasteiger partial charge in [0.25, 0.3) is 0 Å². The molecule has 0 saturated heterocycles. The third kappa shape index (κ3) is 1.51. The SMILES string of the molecule is CC1(c2ccncn2)CC(=O)C=CO1. The average molecular weight is 190 g/mol. The van der Waals surface area contributed by atoms with Gasteiger partial charge in [-0.05, 0) is 13.0 Å². The van der Waals surface area contributed by atoms with Crippen molar-refractivity contribution in [3.05, 3.63) is 36.6 Å². The lowest BCUT2D eigenvalue weighted by Crippen LogP contribution is -2.30. The maximum absolute atomic E-state index is 11.2. The second-order valence-electron chi connectivity index (χ2n) is 3.39. The molecule has 2 heterocycles. The molecule has 0 radical (unpaired) electrons. The van der Waals surface area contributed by atoms with Gasteiger partial charge in [-0.2, -0.15) is 0 Å². The molecule has 0 fully saturated rings. The number of nitrogens with zero attached hydrogens (tertiary/aromatic N) is 2. The van der Waals surface area contributed by atoms with E-state index in [9.17, 15) is 4.79 Å². The molecule has 1 aliphatic rings. The van der Waals surface area contributed by atoms with Crippen molar-refractivity contribution in [1.82, 2.24) is 9.97 Å². The summed E-state index contributed by atoms with van der Waals surface area (Å²) in [6.45, 7) is 1.84. The molecule has 4 nitrogen and oxygen atoms in total. The van der Waals surface area contributed by atoms with Crippen LogP contribution in [0.2, 0.25) is 0 Å². The zero-order valence-electron chi connectivity index (χ0n) is 7.80. The van der Waals surface area contributed by atoms with E-state index in [1.807, 2.05) is 6.92 Å². The number of allylic oxidation sites excluding steroid dienone is 1. The lowest BCUT2D eigenvalue weighted by molar-refractivity contribution is -0.122. The summed E-state index contributed by atoms with van der Waals surface area (Å²) >= 11 is 0. The van der Waals surface area contributed by atoms with Crippen molar-refractivity contribution in [2.24, 2.45) is 0 Å². The summed E-state index contributed by atoms with van der Waals surface area (Å²) in [5, 5.41) is 0. The molecule has 1 atom stereocenters. The molecule has 0 spiro atoms. The minimum absolute atomic E-state index is 0.0531. The molecule has 0 amide bonds. The van der Waals surface area contributed by atoms with Crippen LogP contribution in [0.25, 0.3) is 0 Å². The summed E-state index contributed by atoms with van der Waals surface area (Å²) < 4.78 is 5.43. The highest BCUT2D eigenvalue weighted by molar-refractivity contribution is 5.90. The Morgan fingerprint density at radius 1 is 1.57 bits per heavy atom. The van der Waals surface area contributed by atoms with Crippen LogP contribution in [0.1, 0.15) is 19.0 Å². The first-order valence-electron chi connectivity index (χ1n) is 4.34. The van der Waals surface area contributed by atoms with Crippen molar-refractivity contribution in [2.45, 2.75) is 18.9 Å².